The second-order valence-electron chi connectivity index (χ2n) is 4.73. The lowest BCUT2D eigenvalue weighted by molar-refractivity contribution is -0.113. The van der Waals surface area contributed by atoms with Crippen LogP contribution in [0.25, 0.3) is 0 Å². The molecule has 0 bridgehead atoms. The van der Waals surface area contributed by atoms with Crippen molar-refractivity contribution in [1.82, 2.24) is 5.32 Å². The van der Waals surface area contributed by atoms with Gasteiger partial charge >= 0.3 is 0 Å². The molecule has 0 aromatic carbocycles. The zero-order valence-corrected chi connectivity index (χ0v) is 10.9. The maximum absolute atomic E-state index is 11.7. The van der Waals surface area contributed by atoms with E-state index in [1.165, 1.54) is 0 Å². The van der Waals surface area contributed by atoms with Gasteiger partial charge in [0, 0.05) is 0 Å². The summed E-state index contributed by atoms with van der Waals surface area (Å²) < 4.78 is 0. The number of carbonyl (C=O) groups is 1. The van der Waals surface area contributed by atoms with E-state index >= 15 is 0 Å². The number of oxime groups is 2. The van der Waals surface area contributed by atoms with E-state index in [-0.39, 0.29) is 11.8 Å². The third-order valence-electron chi connectivity index (χ3n) is 1.93. The Hall–Kier alpha value is -2.10. The first-order valence-electron chi connectivity index (χ1n) is 5.54. The molecule has 0 radical (unpaired) electrons. The van der Waals surface area contributed by atoms with Gasteiger partial charge in [0.1, 0.15) is 17.8 Å². The van der Waals surface area contributed by atoms with Gasteiger partial charge in [-0.15, -0.1) is 0 Å². The van der Waals surface area contributed by atoms with Crippen LogP contribution in [0.4, 0.5) is 0 Å². The Morgan fingerprint density at radius 3 is 2.78 bits per heavy atom. The number of carbonyl (C=O) groups excluding carboxylic acids is 1. The molecule has 18 heavy (non-hydrogen) atoms. The predicted molar refractivity (Wildman–Crippen MR) is 64.6 cm³/mol. The smallest absolute Gasteiger partial charge is 0.289 e. The molecule has 0 unspecified atom stereocenters. The topological polar surface area (TPSA) is 96.1 Å². The molecule has 7 nitrogen and oxygen atoms in total. The summed E-state index contributed by atoms with van der Waals surface area (Å²) >= 11 is 0. The average Bonchev–Trinajstić information content (AvgIpc) is 2.58. The summed E-state index contributed by atoms with van der Waals surface area (Å²) in [5, 5.41) is 18.4. The fraction of sp³-hybridized carbons (Fsp3) is 0.636. The maximum Gasteiger partial charge on any atom is 0.289 e. The molecular formula is C11H16N4O3. The summed E-state index contributed by atoms with van der Waals surface area (Å²) in [7, 11) is 0. The lowest BCUT2D eigenvalue weighted by atomic mass is 10.1. The summed E-state index contributed by atoms with van der Waals surface area (Å²) in [5.74, 6) is -0.282. The second kappa shape index (κ2) is 5.49. The zero-order valence-electron chi connectivity index (χ0n) is 10.9. The highest BCUT2D eigenvalue weighted by atomic mass is 16.7. The van der Waals surface area contributed by atoms with Crippen molar-refractivity contribution in [3.05, 3.63) is 0 Å². The van der Waals surface area contributed by atoms with Crippen molar-refractivity contribution in [2.75, 3.05) is 0 Å². The van der Waals surface area contributed by atoms with E-state index in [1.54, 1.807) is 19.9 Å². The van der Waals surface area contributed by atoms with Gasteiger partial charge in [0.25, 0.3) is 5.91 Å². The Kier molecular flexibility index (Phi) is 4.26. The molecule has 1 heterocycles. The van der Waals surface area contributed by atoms with Crippen LogP contribution in [0.5, 0.6) is 0 Å². The highest BCUT2D eigenvalue weighted by molar-refractivity contribution is 6.47. The number of nitrogens with one attached hydrogen (secondary N) is 1. The van der Waals surface area contributed by atoms with Gasteiger partial charge in [-0.3, -0.25) is 4.79 Å². The van der Waals surface area contributed by atoms with Gasteiger partial charge in [-0.2, -0.15) is 5.26 Å². The van der Waals surface area contributed by atoms with Crippen molar-refractivity contribution in [1.29, 1.82) is 5.26 Å². The molecule has 0 atom stereocenters. The summed E-state index contributed by atoms with van der Waals surface area (Å²) in [6.07, 6.45) is 0.259. The lowest BCUT2D eigenvalue weighted by Crippen LogP contribution is -2.36. The monoisotopic (exact) mass is 252 g/mol. The first-order chi connectivity index (χ1) is 8.34. The van der Waals surface area contributed by atoms with Gasteiger partial charge in [-0.1, -0.05) is 10.3 Å². The molecule has 1 rings (SSSR count). The van der Waals surface area contributed by atoms with Crippen LogP contribution >= 0.6 is 0 Å². The highest BCUT2D eigenvalue weighted by Crippen LogP contribution is 2.20. The fourth-order valence-electron chi connectivity index (χ4n) is 1.17. The lowest BCUT2D eigenvalue weighted by Gasteiger charge is -2.13. The second-order valence-corrected chi connectivity index (χ2v) is 4.73. The summed E-state index contributed by atoms with van der Waals surface area (Å²) in [5.41, 5.74) is -0.794. The number of nitriles is 1. The van der Waals surface area contributed by atoms with Gasteiger partial charge in [0.2, 0.25) is 5.71 Å². The minimum atomic E-state index is -0.654. The zero-order chi connectivity index (χ0) is 13.8. The van der Waals surface area contributed by atoms with Gasteiger partial charge < -0.3 is 15.0 Å². The maximum atomic E-state index is 11.7. The van der Waals surface area contributed by atoms with Crippen molar-refractivity contribution >= 4 is 17.5 Å². The molecule has 98 valence electrons. The normalized spacial score (nSPS) is 17.8. The molecule has 1 aliphatic rings. The third kappa shape index (κ3) is 4.05. The minimum Gasteiger partial charge on any atom is -0.392 e. The molecule has 0 saturated carbocycles. The molecule has 1 aliphatic heterocycles. The molecular weight excluding hydrogens is 236 g/mol. The van der Waals surface area contributed by atoms with E-state index in [0.717, 1.165) is 0 Å². The van der Waals surface area contributed by atoms with E-state index in [2.05, 4.69) is 15.6 Å². The van der Waals surface area contributed by atoms with Crippen LogP contribution < -0.4 is 5.32 Å². The molecule has 0 spiro atoms. The van der Waals surface area contributed by atoms with Crippen molar-refractivity contribution < 1.29 is 14.5 Å². The molecule has 1 N–H and O–H groups in total. The molecule has 1 amide bonds. The number of hydrogen-bond acceptors (Lipinski definition) is 6. The van der Waals surface area contributed by atoms with E-state index in [4.69, 9.17) is 14.9 Å². The number of rotatable bonds is 3. The first kappa shape index (κ1) is 14.0. The van der Waals surface area contributed by atoms with Gasteiger partial charge in [0.15, 0.2) is 5.84 Å². The SMILES string of the molecule is CC(C)O/N=C(\C#N)C(=O)NC1=NOC(C)(C)C1. The Labute approximate surface area is 105 Å². The number of nitrogens with zero attached hydrogens (tertiary/aromatic N) is 3. The summed E-state index contributed by atoms with van der Waals surface area (Å²) in [4.78, 5) is 21.6. The van der Waals surface area contributed by atoms with Crippen molar-refractivity contribution in [2.24, 2.45) is 10.3 Å². The van der Waals surface area contributed by atoms with E-state index in [9.17, 15) is 4.79 Å². The van der Waals surface area contributed by atoms with Gasteiger partial charge in [-0.05, 0) is 27.7 Å². The number of amidine groups is 1. The van der Waals surface area contributed by atoms with Crippen molar-refractivity contribution in [3.8, 4) is 6.07 Å². The van der Waals surface area contributed by atoms with Crippen LogP contribution in [0.15, 0.2) is 10.3 Å². The average molecular weight is 252 g/mol. The molecule has 0 aromatic heterocycles. The van der Waals surface area contributed by atoms with E-state index in [1.807, 2.05) is 13.8 Å². The van der Waals surface area contributed by atoms with Gasteiger partial charge in [0.05, 0.1) is 6.42 Å². The molecule has 0 aliphatic carbocycles. The van der Waals surface area contributed by atoms with E-state index < -0.39 is 11.5 Å². The van der Waals surface area contributed by atoms with E-state index in [0.29, 0.717) is 12.3 Å². The summed E-state index contributed by atoms with van der Waals surface area (Å²) in [6, 6.07) is 1.67. The number of amides is 1. The first-order valence-corrected chi connectivity index (χ1v) is 5.54. The molecule has 0 fully saturated rings. The standard InChI is InChI=1S/C11H16N4O3/c1-7(2)17-14-8(6-12)10(16)13-9-5-11(3,4)18-15-9/h7H,5H2,1-4H3,(H,13,15,16)/b14-8+. The molecule has 0 aromatic rings. The molecule has 7 heteroatoms. The summed E-state index contributed by atoms with van der Waals surface area (Å²) in [6.45, 7) is 7.18. The highest BCUT2D eigenvalue weighted by Gasteiger charge is 2.30. The largest absolute Gasteiger partial charge is 0.392 e. The predicted octanol–water partition coefficient (Wildman–Crippen LogP) is 0.920. The Balaban J connectivity index is 2.60. The van der Waals surface area contributed by atoms with Crippen LogP contribution in [-0.4, -0.2) is 29.2 Å². The fourth-order valence-corrected chi connectivity index (χ4v) is 1.17. The molecule has 0 saturated heterocycles. The Morgan fingerprint density at radius 1 is 1.67 bits per heavy atom. The third-order valence-corrected chi connectivity index (χ3v) is 1.93. The Morgan fingerprint density at radius 2 is 2.33 bits per heavy atom. The Bertz CT molecular complexity index is 432. The number of hydrogen-bond donors (Lipinski definition) is 1. The van der Waals surface area contributed by atoms with Crippen molar-refractivity contribution in [2.45, 2.75) is 45.8 Å². The minimum absolute atomic E-state index is 0.202. The van der Waals surface area contributed by atoms with Crippen LogP contribution in [-0.2, 0) is 14.5 Å². The van der Waals surface area contributed by atoms with Gasteiger partial charge in [-0.25, -0.2) is 0 Å². The quantitative estimate of drug-likeness (QED) is 0.596. The van der Waals surface area contributed by atoms with Crippen LogP contribution in [0.2, 0.25) is 0 Å². The van der Waals surface area contributed by atoms with Crippen LogP contribution in [0.1, 0.15) is 34.1 Å². The van der Waals surface area contributed by atoms with Crippen LogP contribution in [0, 0.1) is 11.3 Å². The van der Waals surface area contributed by atoms with Crippen molar-refractivity contribution in [3.63, 3.8) is 0 Å². The van der Waals surface area contributed by atoms with Crippen LogP contribution in [0.3, 0.4) is 0 Å².